The molecule has 1 saturated heterocycles. The minimum Gasteiger partial charge on any atom is -0.351 e. The van der Waals surface area contributed by atoms with Gasteiger partial charge in [0.25, 0.3) is 0 Å². The summed E-state index contributed by atoms with van der Waals surface area (Å²) in [5.41, 5.74) is 1.40. The number of hydrogen-bond acceptors (Lipinski definition) is 4. The van der Waals surface area contributed by atoms with Crippen LogP contribution in [0.25, 0.3) is 0 Å². The fourth-order valence-corrected chi connectivity index (χ4v) is 4.15. The monoisotopic (exact) mass is 301 g/mol. The molecule has 3 rings (SSSR count). The third kappa shape index (κ3) is 3.67. The van der Waals surface area contributed by atoms with Crippen LogP contribution in [0.15, 0.2) is 40.3 Å². The molecular weight excluding hydrogens is 278 g/mol. The first-order valence-electron chi connectivity index (χ1n) is 7.84. The number of rotatable bonds is 2. The van der Waals surface area contributed by atoms with E-state index in [0.29, 0.717) is 5.92 Å². The van der Waals surface area contributed by atoms with Crippen LogP contribution in [0.2, 0.25) is 0 Å². The summed E-state index contributed by atoms with van der Waals surface area (Å²) in [5, 5.41) is 2.45. The summed E-state index contributed by atoms with van der Waals surface area (Å²) in [6.07, 6.45) is 4.77. The van der Waals surface area contributed by atoms with E-state index in [4.69, 9.17) is 4.99 Å². The maximum atomic E-state index is 4.82. The molecule has 1 fully saturated rings. The molecule has 0 radical (unpaired) electrons. The molecule has 1 unspecified atom stereocenters. The van der Waals surface area contributed by atoms with Crippen molar-refractivity contribution >= 4 is 22.0 Å². The smallest absolute Gasteiger partial charge is 0.165 e. The summed E-state index contributed by atoms with van der Waals surface area (Å²) < 4.78 is 0. The summed E-state index contributed by atoms with van der Waals surface area (Å²) in [6, 6.07) is 10.7. The fraction of sp³-hybridized carbons (Fsp3) is 0.529. The first kappa shape index (κ1) is 14.6. The van der Waals surface area contributed by atoms with Crippen molar-refractivity contribution in [2.24, 2.45) is 15.9 Å². The van der Waals surface area contributed by atoms with Crippen LogP contribution in [0.3, 0.4) is 0 Å². The van der Waals surface area contributed by atoms with Crippen LogP contribution in [0, 0.1) is 5.92 Å². The Balaban J connectivity index is 1.70. The number of hydrogen-bond donors (Lipinski definition) is 0. The van der Waals surface area contributed by atoms with E-state index in [9.17, 15) is 0 Å². The highest BCUT2D eigenvalue weighted by molar-refractivity contribution is 8.26. The third-order valence-corrected chi connectivity index (χ3v) is 5.49. The molecule has 0 aliphatic carbocycles. The number of likely N-dealkylation sites (tertiary alicyclic amines) is 1. The molecule has 1 atom stereocenters. The largest absolute Gasteiger partial charge is 0.351 e. The Morgan fingerprint density at radius 2 is 2.00 bits per heavy atom. The van der Waals surface area contributed by atoms with Crippen molar-refractivity contribution in [3.8, 4) is 0 Å². The SMILES string of the molecule is CN=C1SC(N2CCCC2)=NCCC1Cc1ccccc1. The van der Waals surface area contributed by atoms with E-state index >= 15 is 0 Å². The summed E-state index contributed by atoms with van der Waals surface area (Å²) >= 11 is 1.80. The second kappa shape index (κ2) is 7.12. The van der Waals surface area contributed by atoms with Gasteiger partial charge >= 0.3 is 0 Å². The van der Waals surface area contributed by atoms with Crippen LogP contribution >= 0.6 is 11.8 Å². The van der Waals surface area contributed by atoms with E-state index in [1.165, 1.54) is 28.6 Å². The average Bonchev–Trinajstić information content (AvgIpc) is 2.98. The second-order valence-corrected chi connectivity index (χ2v) is 6.69. The first-order chi connectivity index (χ1) is 10.4. The van der Waals surface area contributed by atoms with Gasteiger partial charge in [-0.15, -0.1) is 0 Å². The predicted molar refractivity (Wildman–Crippen MR) is 92.3 cm³/mol. The van der Waals surface area contributed by atoms with E-state index in [-0.39, 0.29) is 0 Å². The predicted octanol–water partition coefficient (Wildman–Crippen LogP) is 3.46. The minimum atomic E-state index is 0.506. The fourth-order valence-electron chi connectivity index (χ4n) is 3.04. The molecule has 0 bridgehead atoms. The van der Waals surface area contributed by atoms with Crippen LogP contribution in [-0.2, 0) is 6.42 Å². The third-order valence-electron chi connectivity index (χ3n) is 4.19. The Hall–Kier alpha value is -1.29. The number of benzene rings is 1. The van der Waals surface area contributed by atoms with Gasteiger partial charge in [-0.05, 0) is 43.0 Å². The van der Waals surface area contributed by atoms with Gasteiger partial charge in [-0.3, -0.25) is 9.98 Å². The van der Waals surface area contributed by atoms with Crippen LogP contribution in [0.4, 0.5) is 0 Å². The minimum absolute atomic E-state index is 0.506. The molecule has 0 aromatic heterocycles. The van der Waals surface area contributed by atoms with Gasteiger partial charge in [-0.1, -0.05) is 30.3 Å². The van der Waals surface area contributed by atoms with E-state index in [1.54, 1.807) is 11.8 Å². The van der Waals surface area contributed by atoms with Crippen LogP contribution in [0.1, 0.15) is 24.8 Å². The van der Waals surface area contributed by atoms with Crippen molar-refractivity contribution in [3.05, 3.63) is 35.9 Å². The van der Waals surface area contributed by atoms with Crippen molar-refractivity contribution in [2.45, 2.75) is 25.7 Å². The molecule has 0 spiro atoms. The number of thioether (sulfide) groups is 1. The number of amidine groups is 1. The highest BCUT2D eigenvalue weighted by Crippen LogP contribution is 2.28. The Labute approximate surface area is 131 Å². The van der Waals surface area contributed by atoms with Crippen LogP contribution in [0.5, 0.6) is 0 Å². The van der Waals surface area contributed by atoms with Gasteiger partial charge in [0, 0.05) is 32.6 Å². The molecule has 1 aromatic rings. The summed E-state index contributed by atoms with van der Waals surface area (Å²) in [4.78, 5) is 11.8. The van der Waals surface area contributed by atoms with Crippen LogP contribution < -0.4 is 0 Å². The molecule has 4 heteroatoms. The van der Waals surface area contributed by atoms with Gasteiger partial charge < -0.3 is 4.90 Å². The van der Waals surface area contributed by atoms with E-state index in [1.807, 2.05) is 7.05 Å². The Bertz CT molecular complexity index is 518. The number of aliphatic imine (C=N–C) groups is 2. The van der Waals surface area contributed by atoms with E-state index in [0.717, 1.165) is 32.5 Å². The first-order valence-corrected chi connectivity index (χ1v) is 8.66. The zero-order chi connectivity index (χ0) is 14.5. The maximum absolute atomic E-state index is 4.82. The molecule has 0 saturated carbocycles. The van der Waals surface area contributed by atoms with Crippen molar-refractivity contribution < 1.29 is 0 Å². The molecule has 0 N–H and O–H groups in total. The van der Waals surface area contributed by atoms with Gasteiger partial charge in [0.1, 0.15) is 0 Å². The Kier molecular flexibility index (Phi) is 4.96. The Morgan fingerprint density at radius 1 is 1.24 bits per heavy atom. The van der Waals surface area contributed by atoms with Crippen molar-refractivity contribution in [3.63, 3.8) is 0 Å². The lowest BCUT2D eigenvalue weighted by Crippen LogP contribution is -2.26. The lowest BCUT2D eigenvalue weighted by atomic mass is 9.97. The molecule has 1 aromatic carbocycles. The molecule has 2 aliphatic rings. The van der Waals surface area contributed by atoms with Crippen molar-refractivity contribution in [1.82, 2.24) is 4.90 Å². The highest BCUT2D eigenvalue weighted by Gasteiger charge is 2.25. The quantitative estimate of drug-likeness (QED) is 0.836. The lowest BCUT2D eigenvalue weighted by molar-refractivity contribution is 0.526. The molecular formula is C17H23N3S. The van der Waals surface area contributed by atoms with Gasteiger partial charge in [0.2, 0.25) is 0 Å². The molecule has 112 valence electrons. The second-order valence-electron chi connectivity index (χ2n) is 5.70. The average molecular weight is 301 g/mol. The maximum Gasteiger partial charge on any atom is 0.165 e. The molecule has 21 heavy (non-hydrogen) atoms. The van der Waals surface area contributed by atoms with Crippen LogP contribution in [-0.4, -0.2) is 41.8 Å². The molecule has 3 nitrogen and oxygen atoms in total. The van der Waals surface area contributed by atoms with Gasteiger partial charge in [0.15, 0.2) is 5.17 Å². The van der Waals surface area contributed by atoms with Gasteiger partial charge in [-0.2, -0.15) is 0 Å². The lowest BCUT2D eigenvalue weighted by Gasteiger charge is -2.20. The molecule has 2 aliphatic heterocycles. The normalized spacial score (nSPS) is 25.0. The van der Waals surface area contributed by atoms with Gasteiger partial charge in [-0.25, -0.2) is 0 Å². The number of nitrogens with zero attached hydrogens (tertiary/aromatic N) is 3. The van der Waals surface area contributed by atoms with E-state index < -0.39 is 0 Å². The van der Waals surface area contributed by atoms with Crippen molar-refractivity contribution in [2.75, 3.05) is 26.7 Å². The summed E-state index contributed by atoms with van der Waals surface area (Å²) in [7, 11) is 1.92. The summed E-state index contributed by atoms with van der Waals surface area (Å²) in [5.74, 6) is 0.506. The topological polar surface area (TPSA) is 28.0 Å². The van der Waals surface area contributed by atoms with Crippen molar-refractivity contribution in [1.29, 1.82) is 0 Å². The highest BCUT2D eigenvalue weighted by atomic mass is 32.2. The zero-order valence-corrected chi connectivity index (χ0v) is 13.5. The zero-order valence-electron chi connectivity index (χ0n) is 12.7. The molecule has 2 heterocycles. The van der Waals surface area contributed by atoms with Gasteiger partial charge in [0.05, 0.1) is 5.04 Å². The van der Waals surface area contributed by atoms with E-state index in [2.05, 4.69) is 40.2 Å². The standard InChI is InChI=1S/C17H23N3S/c1-18-16-15(13-14-7-3-2-4-8-14)9-10-19-17(21-16)20-11-5-6-12-20/h2-4,7-8,15H,5-6,9-13H2,1H3. The Morgan fingerprint density at radius 3 is 2.71 bits per heavy atom. The molecule has 0 amide bonds. The summed E-state index contributed by atoms with van der Waals surface area (Å²) in [6.45, 7) is 3.24.